The second-order valence-corrected chi connectivity index (χ2v) is 6.69. The average molecular weight is 366 g/mol. The summed E-state index contributed by atoms with van der Waals surface area (Å²) in [7, 11) is 1.66. The number of nitrogens with one attached hydrogen (secondary N) is 3. The first-order valence-corrected chi connectivity index (χ1v) is 9.39. The Balaban J connectivity index is 2.48. The topological polar surface area (TPSA) is 71.6 Å². The van der Waals surface area contributed by atoms with Crippen LogP contribution in [0.2, 0.25) is 0 Å². The van der Waals surface area contributed by atoms with Gasteiger partial charge in [-0.25, -0.2) is 0 Å². The Kier molecular flexibility index (Phi) is 10.4. The monoisotopic (exact) mass is 365 g/mol. The number of aryl methyl sites for hydroxylation is 1. The average Bonchev–Trinajstić information content (AvgIpc) is 2.64. The van der Waals surface area contributed by atoms with Gasteiger partial charge in [0.1, 0.15) is 0 Å². The lowest BCUT2D eigenvalue weighted by atomic mass is 9.94. The van der Waals surface area contributed by atoms with Crippen LogP contribution in [-0.4, -0.2) is 57.5 Å². The zero-order valence-corrected chi connectivity index (χ0v) is 16.9. The van der Waals surface area contributed by atoms with Crippen LogP contribution in [0, 0.1) is 0 Å². The predicted octanol–water partition coefficient (Wildman–Crippen LogP) is 2.20. The summed E-state index contributed by atoms with van der Waals surface area (Å²) in [5.41, 5.74) is 1.80. The number of anilines is 1. The first kappa shape index (κ1) is 22.6. The van der Waals surface area contributed by atoms with Crippen LogP contribution in [0.4, 0.5) is 5.69 Å². The molecule has 1 rings (SSSR count). The maximum atomic E-state index is 12.2. The van der Waals surface area contributed by atoms with Crippen molar-refractivity contribution < 1.29 is 14.3 Å². The van der Waals surface area contributed by atoms with Gasteiger partial charge in [-0.2, -0.15) is 0 Å². The molecule has 1 aromatic carbocycles. The fourth-order valence-corrected chi connectivity index (χ4v) is 2.66. The smallest absolute Gasteiger partial charge is 0.238 e. The van der Waals surface area contributed by atoms with Crippen molar-refractivity contribution in [2.45, 2.75) is 45.7 Å². The Morgan fingerprint density at radius 1 is 1.19 bits per heavy atom. The van der Waals surface area contributed by atoms with E-state index in [4.69, 9.17) is 9.47 Å². The van der Waals surface area contributed by atoms with Crippen molar-refractivity contribution in [2.24, 2.45) is 0 Å². The molecule has 6 heteroatoms. The highest BCUT2D eigenvalue weighted by Crippen LogP contribution is 2.12. The van der Waals surface area contributed by atoms with E-state index < -0.39 is 0 Å². The Morgan fingerprint density at radius 2 is 1.88 bits per heavy atom. The SMILES string of the molecule is CCNC(C)(COCCOC)C(C)NCC(=O)Nc1ccc(CC)cc1. The molecule has 6 nitrogen and oxygen atoms in total. The molecule has 0 spiro atoms. The van der Waals surface area contributed by atoms with Gasteiger partial charge >= 0.3 is 0 Å². The fourth-order valence-electron chi connectivity index (χ4n) is 2.66. The van der Waals surface area contributed by atoms with E-state index >= 15 is 0 Å². The Bertz CT molecular complexity index is 522. The number of carbonyl (C=O) groups excluding carboxylic acids is 1. The Morgan fingerprint density at radius 3 is 2.46 bits per heavy atom. The van der Waals surface area contributed by atoms with Crippen LogP contribution in [0.5, 0.6) is 0 Å². The Labute approximate surface area is 158 Å². The van der Waals surface area contributed by atoms with Gasteiger partial charge in [0.05, 0.1) is 31.9 Å². The normalized spacial score (nSPS) is 14.7. The standard InChI is InChI=1S/C20H35N3O3/c1-6-17-8-10-18(11-9-17)23-19(24)14-21-16(3)20(4,22-7-2)15-26-13-12-25-5/h8-11,16,21-22H,6-7,12-15H2,1-5H3,(H,23,24). The summed E-state index contributed by atoms with van der Waals surface area (Å²) < 4.78 is 10.7. The van der Waals surface area contributed by atoms with E-state index in [1.165, 1.54) is 5.56 Å². The van der Waals surface area contributed by atoms with Gasteiger partial charge < -0.3 is 25.4 Å². The van der Waals surface area contributed by atoms with Gasteiger partial charge in [-0.05, 0) is 44.5 Å². The van der Waals surface area contributed by atoms with Crippen molar-refractivity contribution >= 4 is 11.6 Å². The van der Waals surface area contributed by atoms with E-state index in [-0.39, 0.29) is 24.0 Å². The quantitative estimate of drug-likeness (QED) is 0.468. The molecule has 0 saturated heterocycles. The fraction of sp³-hybridized carbons (Fsp3) is 0.650. The first-order chi connectivity index (χ1) is 12.4. The minimum Gasteiger partial charge on any atom is -0.382 e. The summed E-state index contributed by atoms with van der Waals surface area (Å²) in [5.74, 6) is -0.0553. The third kappa shape index (κ3) is 7.83. The third-order valence-electron chi connectivity index (χ3n) is 4.58. The molecular weight excluding hydrogens is 330 g/mol. The maximum Gasteiger partial charge on any atom is 0.238 e. The molecule has 0 aliphatic heterocycles. The van der Waals surface area contributed by atoms with Crippen molar-refractivity contribution in [3.05, 3.63) is 29.8 Å². The van der Waals surface area contributed by atoms with Crippen LogP contribution < -0.4 is 16.0 Å². The lowest BCUT2D eigenvalue weighted by molar-refractivity contribution is -0.115. The number of rotatable bonds is 13. The van der Waals surface area contributed by atoms with Crippen molar-refractivity contribution in [1.82, 2.24) is 10.6 Å². The largest absolute Gasteiger partial charge is 0.382 e. The molecule has 0 aliphatic carbocycles. The van der Waals surface area contributed by atoms with Crippen molar-refractivity contribution in [3.8, 4) is 0 Å². The molecule has 0 bridgehead atoms. The summed E-state index contributed by atoms with van der Waals surface area (Å²) in [4.78, 5) is 12.2. The summed E-state index contributed by atoms with van der Waals surface area (Å²) in [6, 6.07) is 7.99. The van der Waals surface area contributed by atoms with Crippen molar-refractivity contribution in [1.29, 1.82) is 0 Å². The minimum absolute atomic E-state index is 0.0539. The molecule has 26 heavy (non-hydrogen) atoms. The second-order valence-electron chi connectivity index (χ2n) is 6.69. The van der Waals surface area contributed by atoms with Gasteiger partial charge in [0.2, 0.25) is 5.91 Å². The number of hydrogen-bond donors (Lipinski definition) is 3. The number of carbonyl (C=O) groups is 1. The van der Waals surface area contributed by atoms with Crippen LogP contribution in [0.1, 0.15) is 33.3 Å². The highest BCUT2D eigenvalue weighted by Gasteiger charge is 2.30. The van der Waals surface area contributed by atoms with Crippen molar-refractivity contribution in [3.63, 3.8) is 0 Å². The first-order valence-electron chi connectivity index (χ1n) is 9.39. The van der Waals surface area contributed by atoms with Crippen LogP contribution in [0.25, 0.3) is 0 Å². The number of likely N-dealkylation sites (N-methyl/N-ethyl adjacent to an activating group) is 1. The molecule has 0 fully saturated rings. The van der Waals surface area contributed by atoms with Crippen molar-refractivity contribution in [2.75, 3.05) is 45.3 Å². The summed E-state index contributed by atoms with van der Waals surface area (Å²) in [5, 5.41) is 9.69. The summed E-state index contributed by atoms with van der Waals surface area (Å²) >= 11 is 0. The molecule has 1 amide bonds. The number of hydrogen-bond acceptors (Lipinski definition) is 5. The molecule has 2 unspecified atom stereocenters. The summed E-state index contributed by atoms with van der Waals surface area (Å²) in [6.07, 6.45) is 0.989. The molecule has 0 saturated carbocycles. The molecule has 0 radical (unpaired) electrons. The molecule has 3 N–H and O–H groups in total. The third-order valence-corrected chi connectivity index (χ3v) is 4.58. The molecule has 148 valence electrons. The van der Waals surface area contributed by atoms with E-state index in [9.17, 15) is 4.79 Å². The lowest BCUT2D eigenvalue weighted by Crippen LogP contribution is -2.60. The van der Waals surface area contributed by atoms with Crippen LogP contribution in [0.3, 0.4) is 0 Å². The van der Waals surface area contributed by atoms with Crippen LogP contribution in [0.15, 0.2) is 24.3 Å². The minimum atomic E-state index is -0.272. The predicted molar refractivity (Wildman–Crippen MR) is 107 cm³/mol. The molecule has 0 aromatic heterocycles. The van der Waals surface area contributed by atoms with E-state index in [0.717, 1.165) is 18.7 Å². The van der Waals surface area contributed by atoms with E-state index in [1.807, 2.05) is 24.3 Å². The van der Waals surface area contributed by atoms with E-state index in [2.05, 4.69) is 43.6 Å². The number of ether oxygens (including phenoxy) is 2. The highest BCUT2D eigenvalue weighted by molar-refractivity contribution is 5.92. The number of amides is 1. The molecule has 2 atom stereocenters. The number of methoxy groups -OCH3 is 1. The maximum absolute atomic E-state index is 12.2. The van der Waals surface area contributed by atoms with Gasteiger partial charge in [-0.1, -0.05) is 26.0 Å². The second kappa shape index (κ2) is 12.0. The van der Waals surface area contributed by atoms with E-state index in [0.29, 0.717) is 19.8 Å². The lowest BCUT2D eigenvalue weighted by Gasteiger charge is -2.37. The molecule has 1 aromatic rings. The number of benzene rings is 1. The molecule has 0 aliphatic rings. The van der Waals surface area contributed by atoms with Gasteiger partial charge in [0.15, 0.2) is 0 Å². The van der Waals surface area contributed by atoms with Crippen LogP contribution >= 0.6 is 0 Å². The zero-order chi connectivity index (χ0) is 19.4. The van der Waals surface area contributed by atoms with E-state index in [1.54, 1.807) is 7.11 Å². The van der Waals surface area contributed by atoms with Gasteiger partial charge in [-0.3, -0.25) is 4.79 Å². The van der Waals surface area contributed by atoms with Gasteiger partial charge in [-0.15, -0.1) is 0 Å². The molecule has 0 heterocycles. The summed E-state index contributed by atoms with van der Waals surface area (Å²) in [6.45, 7) is 11.1. The van der Waals surface area contributed by atoms with Gasteiger partial charge in [0.25, 0.3) is 0 Å². The zero-order valence-electron chi connectivity index (χ0n) is 16.9. The highest BCUT2D eigenvalue weighted by atomic mass is 16.5. The van der Waals surface area contributed by atoms with Crippen LogP contribution in [-0.2, 0) is 20.7 Å². The molecular formula is C20H35N3O3. The Hall–Kier alpha value is -1.47. The van der Waals surface area contributed by atoms with Gasteiger partial charge in [0, 0.05) is 18.8 Å².